The number of rotatable bonds is 3. The number of primary amides is 1. The molecule has 1 aliphatic rings. The van der Waals surface area contributed by atoms with Crippen molar-refractivity contribution in [2.24, 2.45) is 11.7 Å². The van der Waals surface area contributed by atoms with Crippen LogP contribution in [0.1, 0.15) is 20.3 Å². The summed E-state index contributed by atoms with van der Waals surface area (Å²) < 4.78 is 31.1. The molecule has 0 saturated carbocycles. The second kappa shape index (κ2) is 5.38. The predicted octanol–water partition coefficient (Wildman–Crippen LogP) is 0.866. The van der Waals surface area contributed by atoms with Crippen molar-refractivity contribution in [1.82, 2.24) is 4.90 Å². The van der Waals surface area contributed by atoms with Gasteiger partial charge in [0.05, 0.1) is 12.6 Å². The predicted molar refractivity (Wildman–Crippen MR) is 60.0 cm³/mol. The third kappa shape index (κ3) is 3.53. The van der Waals surface area contributed by atoms with Crippen LogP contribution in [0.25, 0.3) is 0 Å². The van der Waals surface area contributed by atoms with Crippen molar-refractivity contribution >= 4 is 12.0 Å². The molecule has 1 heterocycles. The van der Waals surface area contributed by atoms with Gasteiger partial charge < -0.3 is 15.4 Å². The van der Waals surface area contributed by atoms with E-state index < -0.39 is 49.0 Å². The van der Waals surface area contributed by atoms with Crippen molar-refractivity contribution in [2.45, 2.75) is 38.3 Å². The molecule has 0 aromatic carbocycles. The molecule has 0 spiro atoms. The molecule has 8 heteroatoms. The highest BCUT2D eigenvalue weighted by molar-refractivity contribution is 5.84. The summed E-state index contributed by atoms with van der Waals surface area (Å²) in [6.07, 6.45) is -3.13. The Morgan fingerprint density at radius 2 is 2.11 bits per heavy atom. The average Bonchev–Trinajstić information content (AvgIpc) is 2.60. The third-order valence-corrected chi connectivity index (χ3v) is 2.79. The van der Waals surface area contributed by atoms with Gasteiger partial charge in [0.25, 0.3) is 11.8 Å². The summed E-state index contributed by atoms with van der Waals surface area (Å²) in [5, 5.41) is 8.81. The molecule has 0 aromatic rings. The number of likely N-dealkylation sites (tertiary alicyclic amines) is 1. The van der Waals surface area contributed by atoms with Gasteiger partial charge in [-0.1, -0.05) is 13.8 Å². The summed E-state index contributed by atoms with van der Waals surface area (Å²) in [4.78, 5) is 23.6. The van der Waals surface area contributed by atoms with Crippen LogP contribution in [0.5, 0.6) is 0 Å². The van der Waals surface area contributed by atoms with Crippen LogP contribution in [0, 0.1) is 17.2 Å². The first-order valence-electron chi connectivity index (χ1n) is 5.72. The van der Waals surface area contributed by atoms with E-state index in [9.17, 15) is 18.4 Å². The summed E-state index contributed by atoms with van der Waals surface area (Å²) >= 11 is 0. The quantitative estimate of drug-likeness (QED) is 0.826. The van der Waals surface area contributed by atoms with Gasteiger partial charge >= 0.3 is 6.09 Å². The fourth-order valence-corrected chi connectivity index (χ4v) is 1.92. The number of nitrogens with two attached hydrogens (primary N) is 1. The van der Waals surface area contributed by atoms with Crippen LogP contribution < -0.4 is 5.73 Å². The number of hydrogen-bond donors (Lipinski definition) is 1. The molecule has 106 valence electrons. The van der Waals surface area contributed by atoms with Crippen LogP contribution in [-0.4, -0.2) is 41.5 Å². The van der Waals surface area contributed by atoms with Gasteiger partial charge in [-0.3, -0.25) is 4.79 Å². The number of halogens is 2. The number of nitrogens with zero attached hydrogens (tertiary/aromatic N) is 2. The van der Waals surface area contributed by atoms with Crippen molar-refractivity contribution in [3.8, 4) is 6.07 Å². The Morgan fingerprint density at radius 3 is 2.53 bits per heavy atom. The Labute approximate surface area is 109 Å². The minimum atomic E-state index is -3.11. The van der Waals surface area contributed by atoms with Crippen LogP contribution in [0.15, 0.2) is 0 Å². The number of carbonyl (C=O) groups excluding carboxylic acids is 2. The van der Waals surface area contributed by atoms with Crippen LogP contribution in [0.4, 0.5) is 13.6 Å². The smallest absolute Gasteiger partial charge is 0.405 e. The lowest BCUT2D eigenvalue weighted by molar-refractivity contribution is -0.143. The molecule has 0 aromatic heterocycles. The van der Waals surface area contributed by atoms with E-state index in [1.54, 1.807) is 19.9 Å². The zero-order valence-electron chi connectivity index (χ0n) is 10.6. The number of nitriles is 1. The normalized spacial score (nSPS) is 22.9. The molecule has 6 nitrogen and oxygen atoms in total. The monoisotopic (exact) mass is 275 g/mol. The highest BCUT2D eigenvalue weighted by Crippen LogP contribution is 2.32. The molecule has 2 amide bonds. The van der Waals surface area contributed by atoms with Crippen molar-refractivity contribution in [2.75, 3.05) is 6.54 Å². The number of amides is 2. The van der Waals surface area contributed by atoms with Crippen molar-refractivity contribution < 1.29 is 23.1 Å². The molecule has 0 aliphatic carbocycles. The molecule has 1 fully saturated rings. The first-order chi connectivity index (χ1) is 8.68. The van der Waals surface area contributed by atoms with Crippen molar-refractivity contribution in [1.29, 1.82) is 5.26 Å². The standard InChI is InChI=1S/C11H15F2N3O3/c1-6(2)8(19-10(15)18)9(17)16-5-11(12,13)3-7(16)4-14/h6-8H,3,5H2,1-2H3,(H2,15,18)/t7-,8?/m0/s1. The molecule has 0 bridgehead atoms. The molecule has 1 saturated heterocycles. The fraction of sp³-hybridized carbons (Fsp3) is 0.727. The molecule has 1 unspecified atom stereocenters. The summed E-state index contributed by atoms with van der Waals surface area (Å²) in [6.45, 7) is 2.32. The minimum Gasteiger partial charge on any atom is -0.436 e. The van der Waals surface area contributed by atoms with Gasteiger partial charge in [0.15, 0.2) is 6.10 Å². The maximum Gasteiger partial charge on any atom is 0.405 e. The summed E-state index contributed by atoms with van der Waals surface area (Å²) in [7, 11) is 0. The lowest BCUT2D eigenvalue weighted by Gasteiger charge is -2.26. The lowest BCUT2D eigenvalue weighted by Crippen LogP contribution is -2.47. The maximum atomic E-state index is 13.2. The molecular formula is C11H15F2N3O3. The largest absolute Gasteiger partial charge is 0.436 e. The molecule has 19 heavy (non-hydrogen) atoms. The van der Waals surface area contributed by atoms with Gasteiger partial charge in [0.2, 0.25) is 0 Å². The summed E-state index contributed by atoms with van der Waals surface area (Å²) in [6, 6.07) is 0.429. The van der Waals surface area contributed by atoms with Gasteiger partial charge in [0, 0.05) is 6.42 Å². The van der Waals surface area contributed by atoms with Gasteiger partial charge in [-0.15, -0.1) is 0 Å². The molecule has 2 atom stereocenters. The van der Waals surface area contributed by atoms with E-state index in [-0.39, 0.29) is 0 Å². The topological polar surface area (TPSA) is 96.4 Å². The Kier molecular flexibility index (Phi) is 4.29. The highest BCUT2D eigenvalue weighted by atomic mass is 19.3. The van der Waals surface area contributed by atoms with Crippen LogP contribution in [-0.2, 0) is 9.53 Å². The summed E-state index contributed by atoms with van der Waals surface area (Å²) in [5.74, 6) is -4.37. The fourth-order valence-electron chi connectivity index (χ4n) is 1.92. The second-order valence-electron chi connectivity index (χ2n) is 4.77. The van der Waals surface area contributed by atoms with E-state index in [0.29, 0.717) is 0 Å². The Bertz CT molecular complexity index is 420. The van der Waals surface area contributed by atoms with Gasteiger partial charge in [0.1, 0.15) is 6.04 Å². The van der Waals surface area contributed by atoms with Crippen molar-refractivity contribution in [3.05, 3.63) is 0 Å². The molecule has 0 radical (unpaired) electrons. The number of carbonyl (C=O) groups is 2. The zero-order chi connectivity index (χ0) is 14.8. The van der Waals surface area contributed by atoms with E-state index in [1.807, 2.05) is 0 Å². The minimum absolute atomic E-state index is 0.437. The van der Waals surface area contributed by atoms with E-state index in [2.05, 4.69) is 4.74 Å². The Morgan fingerprint density at radius 1 is 1.53 bits per heavy atom. The molecule has 1 aliphatic heterocycles. The van der Waals surface area contributed by atoms with E-state index in [1.165, 1.54) is 0 Å². The Balaban J connectivity index is 2.91. The van der Waals surface area contributed by atoms with E-state index >= 15 is 0 Å². The van der Waals surface area contributed by atoms with Crippen LogP contribution in [0.3, 0.4) is 0 Å². The van der Waals surface area contributed by atoms with E-state index in [0.717, 1.165) is 4.90 Å². The average molecular weight is 275 g/mol. The summed E-state index contributed by atoms with van der Waals surface area (Å²) in [5.41, 5.74) is 4.84. The number of alkyl halides is 2. The molecule has 2 N–H and O–H groups in total. The van der Waals surface area contributed by atoms with Crippen LogP contribution in [0.2, 0.25) is 0 Å². The maximum absolute atomic E-state index is 13.2. The first-order valence-corrected chi connectivity index (χ1v) is 5.72. The van der Waals surface area contributed by atoms with Gasteiger partial charge in [-0.05, 0) is 5.92 Å². The first kappa shape index (κ1) is 15.1. The Hall–Kier alpha value is -1.91. The number of ether oxygens (including phenoxy) is 1. The molecule has 1 rings (SSSR count). The van der Waals surface area contributed by atoms with Crippen molar-refractivity contribution in [3.63, 3.8) is 0 Å². The zero-order valence-corrected chi connectivity index (χ0v) is 10.6. The second-order valence-corrected chi connectivity index (χ2v) is 4.77. The van der Waals surface area contributed by atoms with E-state index in [4.69, 9.17) is 11.0 Å². The van der Waals surface area contributed by atoms with Gasteiger partial charge in [-0.2, -0.15) is 5.26 Å². The van der Waals surface area contributed by atoms with Gasteiger partial charge in [-0.25, -0.2) is 13.6 Å². The SMILES string of the molecule is CC(C)C(OC(N)=O)C(=O)N1CC(F)(F)C[C@H]1C#N. The number of hydrogen-bond acceptors (Lipinski definition) is 4. The third-order valence-electron chi connectivity index (χ3n) is 2.79. The highest BCUT2D eigenvalue weighted by Gasteiger charge is 2.49. The lowest BCUT2D eigenvalue weighted by atomic mass is 10.1. The van der Waals surface area contributed by atoms with Crippen LogP contribution >= 0.6 is 0 Å². The molecular weight excluding hydrogens is 260 g/mol.